The maximum atomic E-state index is 13.3. The highest BCUT2D eigenvalue weighted by Gasteiger charge is 2.33. The molecule has 4 atom stereocenters. The lowest BCUT2D eigenvalue weighted by atomic mass is 9.92. The SMILES string of the molecule is CCCCCCCCCCCCCCCC(=O)OCC(COC(=O)CCCCCCCCCCCCCCC)OC(=O)CC(C)CCCCCC(=O)OC(C)OC(=O)n1ccc2c(N(C)[C@H]3CN(C(=O)CC#N)CC[C@H]3C)ncnc21. The van der Waals surface area contributed by atoms with Crippen LogP contribution in [0, 0.1) is 23.2 Å². The second kappa shape index (κ2) is 43.4. The molecule has 0 spiro atoms. The number of ether oxygens (including phenoxy) is 5. The predicted octanol–water partition coefficient (Wildman–Crippen LogP) is 14.8. The molecule has 0 saturated carbocycles. The Labute approximate surface area is 487 Å². The largest absolute Gasteiger partial charge is 0.462 e. The first-order valence-electron chi connectivity index (χ1n) is 31.9. The fourth-order valence-electron chi connectivity index (χ4n) is 10.7. The van der Waals surface area contributed by atoms with Gasteiger partial charge in [0.2, 0.25) is 12.2 Å². The van der Waals surface area contributed by atoms with E-state index in [4.69, 9.17) is 28.9 Å². The molecule has 1 aliphatic heterocycles. The van der Waals surface area contributed by atoms with E-state index in [-0.39, 0.29) is 68.2 Å². The number of fused-ring (bicyclic) bond motifs is 1. The molecule has 1 aliphatic rings. The van der Waals surface area contributed by atoms with Gasteiger partial charge in [-0.25, -0.2) is 19.3 Å². The number of hydrogen-bond acceptors (Lipinski definition) is 15. The van der Waals surface area contributed by atoms with Crippen molar-refractivity contribution in [2.45, 2.75) is 284 Å². The molecule has 0 radical (unpaired) electrons. The van der Waals surface area contributed by atoms with E-state index in [1.165, 1.54) is 152 Å². The van der Waals surface area contributed by atoms with Gasteiger partial charge >= 0.3 is 30.0 Å². The van der Waals surface area contributed by atoms with E-state index in [2.05, 4.69) is 30.7 Å². The molecule has 0 N–H and O–H groups in total. The lowest BCUT2D eigenvalue weighted by Crippen LogP contribution is -2.52. The summed E-state index contributed by atoms with van der Waals surface area (Å²) in [5.41, 5.74) is 0.311. The number of rotatable bonds is 46. The predicted molar refractivity (Wildman–Crippen MR) is 317 cm³/mol. The van der Waals surface area contributed by atoms with Crippen molar-refractivity contribution < 1.29 is 52.5 Å². The van der Waals surface area contributed by atoms with Crippen LogP contribution in [0.2, 0.25) is 0 Å². The summed E-state index contributed by atoms with van der Waals surface area (Å²) in [7, 11) is 1.89. The second-order valence-corrected chi connectivity index (χ2v) is 23.1. The molecule has 3 heterocycles. The smallest absolute Gasteiger partial charge is 0.422 e. The number of nitrogens with zero attached hydrogens (tertiary/aromatic N) is 6. The van der Waals surface area contributed by atoms with Gasteiger partial charge in [0.05, 0.1) is 17.5 Å². The van der Waals surface area contributed by atoms with Crippen molar-refractivity contribution in [3.63, 3.8) is 0 Å². The average molecular weight is 1140 g/mol. The van der Waals surface area contributed by atoms with Crippen molar-refractivity contribution in [1.82, 2.24) is 19.4 Å². The summed E-state index contributed by atoms with van der Waals surface area (Å²) in [6.07, 6.45) is 35.7. The second-order valence-electron chi connectivity index (χ2n) is 23.1. The van der Waals surface area contributed by atoms with Crippen LogP contribution in [0.3, 0.4) is 0 Å². The molecule has 17 heteroatoms. The molecule has 458 valence electrons. The number of nitriles is 1. The van der Waals surface area contributed by atoms with E-state index < -0.39 is 30.4 Å². The first-order valence-corrected chi connectivity index (χ1v) is 31.9. The molecule has 0 bridgehead atoms. The molecule has 17 nitrogen and oxygen atoms in total. The third-order valence-corrected chi connectivity index (χ3v) is 15.8. The van der Waals surface area contributed by atoms with Crippen LogP contribution in [0.4, 0.5) is 10.6 Å². The number of carbonyl (C=O) groups is 6. The molecule has 3 rings (SSSR count). The number of unbranched alkanes of at least 4 members (excludes halogenated alkanes) is 26. The van der Waals surface area contributed by atoms with Crippen molar-refractivity contribution in [3.8, 4) is 6.07 Å². The lowest BCUT2D eigenvalue weighted by Gasteiger charge is -2.42. The summed E-state index contributed by atoms with van der Waals surface area (Å²) in [5, 5.41) is 9.65. The van der Waals surface area contributed by atoms with E-state index in [9.17, 15) is 28.8 Å². The number of carbonyl (C=O) groups excluding carboxylic acids is 6. The molecule has 2 aromatic heterocycles. The van der Waals surface area contributed by atoms with Crippen molar-refractivity contribution in [1.29, 1.82) is 5.26 Å². The van der Waals surface area contributed by atoms with E-state index in [0.717, 1.165) is 51.4 Å². The molecule has 1 fully saturated rings. The molecule has 1 saturated heterocycles. The molecule has 0 aromatic carbocycles. The van der Waals surface area contributed by atoms with Crippen LogP contribution < -0.4 is 4.90 Å². The minimum absolute atomic E-state index is 0.0285. The molecule has 1 amide bonds. The van der Waals surface area contributed by atoms with E-state index in [1.807, 2.05) is 24.9 Å². The first-order chi connectivity index (χ1) is 39.3. The zero-order valence-corrected chi connectivity index (χ0v) is 51.1. The molecule has 0 aliphatic carbocycles. The van der Waals surface area contributed by atoms with E-state index in [0.29, 0.717) is 62.0 Å². The number of aromatic nitrogens is 3. The Bertz CT molecular complexity index is 2080. The van der Waals surface area contributed by atoms with Crippen molar-refractivity contribution in [2.24, 2.45) is 11.8 Å². The van der Waals surface area contributed by atoms with Gasteiger partial charge in [0.25, 0.3) is 0 Å². The average Bonchev–Trinajstić information content (AvgIpc) is 4.11. The Morgan fingerprint density at radius 1 is 0.642 bits per heavy atom. The minimum atomic E-state index is -1.17. The Morgan fingerprint density at radius 3 is 1.63 bits per heavy atom. The Kier molecular flexibility index (Phi) is 37.5. The number of likely N-dealkylation sites (N-methyl/N-ethyl adjacent to an activating group) is 1. The zero-order valence-electron chi connectivity index (χ0n) is 51.1. The number of likely N-dealkylation sites (tertiary alicyclic amines) is 1. The van der Waals surface area contributed by atoms with Gasteiger partial charge in [0, 0.05) is 58.9 Å². The fourth-order valence-corrected chi connectivity index (χ4v) is 10.7. The number of amides is 1. The third-order valence-electron chi connectivity index (χ3n) is 15.8. The van der Waals surface area contributed by atoms with Crippen LogP contribution in [-0.2, 0) is 47.7 Å². The van der Waals surface area contributed by atoms with Crippen LogP contribution in [0.1, 0.15) is 266 Å². The summed E-state index contributed by atoms with van der Waals surface area (Å²) in [6, 6.07) is 3.57. The highest BCUT2D eigenvalue weighted by Crippen LogP contribution is 2.30. The van der Waals surface area contributed by atoms with Gasteiger partial charge in [-0.3, -0.25) is 24.0 Å². The van der Waals surface area contributed by atoms with Gasteiger partial charge in [0.1, 0.15) is 31.8 Å². The molecule has 81 heavy (non-hydrogen) atoms. The monoisotopic (exact) mass is 1130 g/mol. The number of piperidine rings is 1. The quantitative estimate of drug-likeness (QED) is 0.0261. The summed E-state index contributed by atoms with van der Waals surface area (Å²) in [4.78, 5) is 89.8. The maximum Gasteiger partial charge on any atom is 0.422 e. The van der Waals surface area contributed by atoms with E-state index in [1.54, 1.807) is 11.0 Å². The van der Waals surface area contributed by atoms with Gasteiger partial charge in [0.15, 0.2) is 11.8 Å². The van der Waals surface area contributed by atoms with Crippen molar-refractivity contribution in [3.05, 3.63) is 18.6 Å². The van der Waals surface area contributed by atoms with Gasteiger partial charge in [-0.15, -0.1) is 0 Å². The summed E-state index contributed by atoms with van der Waals surface area (Å²) < 4.78 is 29.1. The van der Waals surface area contributed by atoms with Crippen molar-refractivity contribution >= 4 is 52.7 Å². The topological polar surface area (TPSA) is 210 Å². The fraction of sp³-hybridized carbons (Fsp3) is 0.797. The van der Waals surface area contributed by atoms with Gasteiger partial charge in [-0.2, -0.15) is 5.26 Å². The molecular weight excluding hydrogens is 1030 g/mol. The van der Waals surface area contributed by atoms with Crippen molar-refractivity contribution in [2.75, 3.05) is 38.3 Å². The standard InChI is InChI=1S/C64H106N6O11/c1-7-9-11-13-15-17-19-21-23-25-27-29-33-37-58(72)77-48-54(49-78-59(73)38-34-30-28-26-24-22-20-18-16-14-12-10-8-2)81-61(75)46-51(3)36-32-31-35-39-60(74)79-53(5)80-64(76)70-45-42-55-62(66-50-67-63(55)70)68(6)56-47-69(44-41-52(56)4)57(71)40-43-65/h42,45,50-54,56H,7-41,44,46-49H2,1-6H3/t51?,52-,53?,56+/m1/s1. The number of anilines is 1. The lowest BCUT2D eigenvalue weighted by molar-refractivity contribution is -0.167. The van der Waals surface area contributed by atoms with Crippen LogP contribution in [0.5, 0.6) is 0 Å². The highest BCUT2D eigenvalue weighted by atomic mass is 16.7. The van der Waals surface area contributed by atoms with Crippen LogP contribution in [0.25, 0.3) is 11.0 Å². The Morgan fingerprint density at radius 2 is 1.12 bits per heavy atom. The normalized spacial score (nSPS) is 15.0. The minimum Gasteiger partial charge on any atom is -0.462 e. The Balaban J connectivity index is 1.37. The van der Waals surface area contributed by atoms with Gasteiger partial charge in [-0.1, -0.05) is 201 Å². The summed E-state index contributed by atoms with van der Waals surface area (Å²) in [5.74, 6) is -1.09. The van der Waals surface area contributed by atoms with E-state index >= 15 is 0 Å². The maximum absolute atomic E-state index is 13.3. The van der Waals surface area contributed by atoms with Crippen LogP contribution in [0.15, 0.2) is 18.6 Å². The first kappa shape index (κ1) is 70.0. The zero-order chi connectivity index (χ0) is 58.9. The number of hydrogen-bond donors (Lipinski definition) is 0. The summed E-state index contributed by atoms with van der Waals surface area (Å²) >= 11 is 0. The summed E-state index contributed by atoms with van der Waals surface area (Å²) in [6.45, 7) is 10.7. The molecular formula is C64H106N6O11. The number of esters is 4. The van der Waals surface area contributed by atoms with Gasteiger partial charge in [-0.05, 0) is 43.6 Å². The molecule has 2 unspecified atom stereocenters. The van der Waals surface area contributed by atoms with Gasteiger partial charge < -0.3 is 33.5 Å². The molecule has 2 aromatic rings. The Hall–Kier alpha value is -5.27. The van der Waals surface area contributed by atoms with Crippen LogP contribution in [-0.4, -0.2) is 107 Å². The highest BCUT2D eigenvalue weighted by molar-refractivity contribution is 5.93. The van der Waals surface area contributed by atoms with Crippen LogP contribution >= 0.6 is 0 Å². The third kappa shape index (κ3) is 30.6.